The van der Waals surface area contributed by atoms with Gasteiger partial charge in [-0.25, -0.2) is 0 Å². The Hall–Kier alpha value is -1.07. The first kappa shape index (κ1) is 9.48. The molecule has 2 N–H and O–H groups in total. The van der Waals surface area contributed by atoms with Crippen LogP contribution in [0.1, 0.15) is 5.69 Å². The van der Waals surface area contributed by atoms with Gasteiger partial charge < -0.3 is 20.0 Å². The molecule has 0 radical (unpaired) electrons. The lowest BCUT2D eigenvalue weighted by Crippen LogP contribution is -2.44. The van der Waals surface area contributed by atoms with Crippen LogP contribution in [0.3, 0.4) is 0 Å². The van der Waals surface area contributed by atoms with Gasteiger partial charge in [-0.1, -0.05) is 0 Å². The van der Waals surface area contributed by atoms with E-state index >= 15 is 0 Å². The minimum atomic E-state index is 0.442. The third kappa shape index (κ3) is 1.88. The number of rotatable bonds is 2. The number of piperazine rings is 1. The molecule has 5 heteroatoms. The molecule has 1 aromatic rings. The highest BCUT2D eigenvalue weighted by Gasteiger charge is 2.17. The molecular weight excluding hydrogens is 180 g/mol. The zero-order valence-corrected chi connectivity index (χ0v) is 8.44. The molecule has 1 aliphatic heterocycles. The summed E-state index contributed by atoms with van der Waals surface area (Å²) in [7, 11) is 2.12. The van der Waals surface area contributed by atoms with E-state index in [1.807, 2.05) is 0 Å². The number of aromatic nitrogens is 1. The standard InChI is InChI=1S/C9H16N4O/c1-12-2-4-13(5-3-12)9-11-8(6-10)7-14-9/h7H,2-6,10H2,1H3. The largest absolute Gasteiger partial charge is 0.432 e. The Morgan fingerprint density at radius 1 is 1.43 bits per heavy atom. The summed E-state index contributed by atoms with van der Waals surface area (Å²) in [5.74, 6) is 0. The second-order valence-corrected chi connectivity index (χ2v) is 3.62. The normalized spacial score (nSPS) is 18.9. The number of hydrogen-bond acceptors (Lipinski definition) is 5. The maximum absolute atomic E-state index is 5.47. The van der Waals surface area contributed by atoms with Crippen molar-refractivity contribution in [1.29, 1.82) is 0 Å². The lowest BCUT2D eigenvalue weighted by atomic mass is 10.3. The second kappa shape index (κ2) is 3.98. The maximum Gasteiger partial charge on any atom is 0.297 e. The van der Waals surface area contributed by atoms with E-state index in [1.165, 1.54) is 0 Å². The molecule has 0 amide bonds. The van der Waals surface area contributed by atoms with Crippen LogP contribution in [0.25, 0.3) is 0 Å². The van der Waals surface area contributed by atoms with Gasteiger partial charge in [0, 0.05) is 32.7 Å². The first-order valence-electron chi connectivity index (χ1n) is 4.87. The first-order valence-corrected chi connectivity index (χ1v) is 4.87. The van der Waals surface area contributed by atoms with Crippen molar-refractivity contribution < 1.29 is 4.42 Å². The first-order chi connectivity index (χ1) is 6.79. The summed E-state index contributed by atoms with van der Waals surface area (Å²) in [5, 5.41) is 0. The summed E-state index contributed by atoms with van der Waals surface area (Å²) < 4.78 is 5.35. The lowest BCUT2D eigenvalue weighted by Gasteiger charge is -2.31. The molecule has 0 spiro atoms. The average Bonchev–Trinajstić information content (AvgIpc) is 2.67. The van der Waals surface area contributed by atoms with Crippen LogP contribution in [-0.2, 0) is 6.54 Å². The molecule has 1 fully saturated rings. The van der Waals surface area contributed by atoms with Gasteiger partial charge in [0.2, 0.25) is 0 Å². The fraction of sp³-hybridized carbons (Fsp3) is 0.667. The smallest absolute Gasteiger partial charge is 0.297 e. The summed E-state index contributed by atoms with van der Waals surface area (Å²) in [4.78, 5) is 8.74. The number of likely N-dealkylation sites (N-methyl/N-ethyl adjacent to an activating group) is 1. The van der Waals surface area contributed by atoms with E-state index in [0.717, 1.165) is 31.9 Å². The molecule has 78 valence electrons. The van der Waals surface area contributed by atoms with Gasteiger partial charge in [0.05, 0.1) is 5.69 Å². The molecule has 0 aromatic carbocycles. The third-order valence-electron chi connectivity index (χ3n) is 2.52. The fourth-order valence-corrected chi connectivity index (χ4v) is 1.53. The highest BCUT2D eigenvalue weighted by molar-refractivity contribution is 5.27. The van der Waals surface area contributed by atoms with Crippen molar-refractivity contribution in [2.45, 2.75) is 6.54 Å². The van der Waals surface area contributed by atoms with Crippen molar-refractivity contribution >= 4 is 6.01 Å². The number of anilines is 1. The van der Waals surface area contributed by atoms with Crippen LogP contribution >= 0.6 is 0 Å². The van der Waals surface area contributed by atoms with Crippen LogP contribution in [0.2, 0.25) is 0 Å². The molecular formula is C9H16N4O. The summed E-state index contributed by atoms with van der Waals surface area (Å²) in [6.07, 6.45) is 1.63. The average molecular weight is 196 g/mol. The fourth-order valence-electron chi connectivity index (χ4n) is 1.53. The lowest BCUT2D eigenvalue weighted by molar-refractivity contribution is 0.305. The van der Waals surface area contributed by atoms with Crippen LogP contribution in [0.4, 0.5) is 6.01 Å². The van der Waals surface area contributed by atoms with Gasteiger partial charge >= 0.3 is 0 Å². The molecule has 0 atom stereocenters. The van der Waals surface area contributed by atoms with Crippen LogP contribution in [-0.4, -0.2) is 43.1 Å². The molecule has 0 aliphatic carbocycles. The molecule has 2 heterocycles. The maximum atomic E-state index is 5.47. The van der Waals surface area contributed by atoms with Gasteiger partial charge in [-0.3, -0.25) is 0 Å². The van der Waals surface area contributed by atoms with Crippen molar-refractivity contribution in [3.63, 3.8) is 0 Å². The van der Waals surface area contributed by atoms with Crippen molar-refractivity contribution in [2.75, 3.05) is 38.1 Å². The van der Waals surface area contributed by atoms with E-state index in [9.17, 15) is 0 Å². The molecule has 0 bridgehead atoms. The minimum absolute atomic E-state index is 0.442. The van der Waals surface area contributed by atoms with E-state index in [4.69, 9.17) is 10.2 Å². The van der Waals surface area contributed by atoms with Gasteiger partial charge in [-0.15, -0.1) is 0 Å². The molecule has 14 heavy (non-hydrogen) atoms. The van der Waals surface area contributed by atoms with Crippen molar-refractivity contribution in [2.24, 2.45) is 5.73 Å². The zero-order chi connectivity index (χ0) is 9.97. The van der Waals surface area contributed by atoms with Crippen LogP contribution in [0, 0.1) is 0 Å². The highest BCUT2D eigenvalue weighted by Crippen LogP contribution is 2.14. The molecule has 2 rings (SSSR count). The van der Waals surface area contributed by atoms with E-state index in [2.05, 4.69) is 21.8 Å². The SMILES string of the molecule is CN1CCN(c2nc(CN)co2)CC1. The molecule has 1 saturated heterocycles. The molecule has 0 unspecified atom stereocenters. The van der Waals surface area contributed by atoms with E-state index < -0.39 is 0 Å². The number of nitrogens with zero attached hydrogens (tertiary/aromatic N) is 3. The number of hydrogen-bond donors (Lipinski definition) is 1. The Labute approximate surface area is 83.5 Å². The third-order valence-corrected chi connectivity index (χ3v) is 2.52. The highest BCUT2D eigenvalue weighted by atomic mass is 16.4. The summed E-state index contributed by atoms with van der Waals surface area (Å²) >= 11 is 0. The Balaban J connectivity index is 2.01. The Morgan fingerprint density at radius 2 is 2.14 bits per heavy atom. The Morgan fingerprint density at radius 3 is 2.71 bits per heavy atom. The summed E-state index contributed by atoms with van der Waals surface area (Å²) in [6, 6.07) is 0.707. The van der Waals surface area contributed by atoms with E-state index in [-0.39, 0.29) is 0 Å². The minimum Gasteiger partial charge on any atom is -0.432 e. The molecule has 1 aliphatic rings. The van der Waals surface area contributed by atoms with Crippen molar-refractivity contribution in [3.8, 4) is 0 Å². The summed E-state index contributed by atoms with van der Waals surface area (Å²) in [5.41, 5.74) is 6.28. The monoisotopic (exact) mass is 196 g/mol. The second-order valence-electron chi connectivity index (χ2n) is 3.62. The topological polar surface area (TPSA) is 58.5 Å². The molecule has 1 aromatic heterocycles. The molecule has 0 saturated carbocycles. The van der Waals surface area contributed by atoms with Gasteiger partial charge in [0.25, 0.3) is 6.01 Å². The zero-order valence-electron chi connectivity index (χ0n) is 8.44. The van der Waals surface area contributed by atoms with Gasteiger partial charge in [0.1, 0.15) is 6.26 Å². The predicted octanol–water partition coefficient (Wildman–Crippen LogP) is -0.115. The summed E-state index contributed by atoms with van der Waals surface area (Å²) in [6.45, 7) is 4.50. The Bertz CT molecular complexity index is 291. The van der Waals surface area contributed by atoms with Gasteiger partial charge in [-0.2, -0.15) is 4.98 Å². The van der Waals surface area contributed by atoms with E-state index in [1.54, 1.807) is 6.26 Å². The molecule has 5 nitrogen and oxygen atoms in total. The van der Waals surface area contributed by atoms with Crippen molar-refractivity contribution in [3.05, 3.63) is 12.0 Å². The van der Waals surface area contributed by atoms with Crippen LogP contribution in [0.5, 0.6) is 0 Å². The number of oxazole rings is 1. The van der Waals surface area contributed by atoms with Crippen LogP contribution in [0.15, 0.2) is 10.7 Å². The van der Waals surface area contributed by atoms with Gasteiger partial charge in [-0.05, 0) is 7.05 Å². The van der Waals surface area contributed by atoms with E-state index in [0.29, 0.717) is 12.6 Å². The number of nitrogens with two attached hydrogens (primary N) is 1. The Kier molecular flexibility index (Phi) is 2.69. The van der Waals surface area contributed by atoms with Crippen molar-refractivity contribution in [1.82, 2.24) is 9.88 Å². The van der Waals surface area contributed by atoms with Gasteiger partial charge in [0.15, 0.2) is 0 Å². The van der Waals surface area contributed by atoms with Crippen LogP contribution < -0.4 is 10.6 Å². The predicted molar refractivity (Wildman–Crippen MR) is 54.1 cm³/mol. The quantitative estimate of drug-likeness (QED) is 0.715.